The molecule has 0 aromatic rings. The summed E-state index contributed by atoms with van der Waals surface area (Å²) >= 11 is 0. The first-order valence-corrected chi connectivity index (χ1v) is 8.67. The van der Waals surface area contributed by atoms with E-state index in [0.717, 1.165) is 13.0 Å². The molecule has 92 valence electrons. The fraction of sp³-hybridized carbons (Fsp3) is 1.00. The molecule has 0 aromatic heterocycles. The van der Waals surface area contributed by atoms with Gasteiger partial charge >= 0.3 is 0 Å². The molecule has 0 aromatic carbocycles. The lowest BCUT2D eigenvalue weighted by atomic mass is 9.91. The van der Waals surface area contributed by atoms with Crippen LogP contribution in [0.4, 0.5) is 0 Å². The van der Waals surface area contributed by atoms with Gasteiger partial charge in [-0.3, -0.25) is 0 Å². The van der Waals surface area contributed by atoms with E-state index < -0.39 is 8.32 Å². The molecule has 0 spiro atoms. The lowest BCUT2D eigenvalue weighted by Crippen LogP contribution is -2.43. The standard InChI is InChI=1S/C12H28O2Si/c1-11(2,3)15(6,7)14-10-12(4,5)8-9-13/h13H,8-10H2,1-7H3. The van der Waals surface area contributed by atoms with Crippen molar-refractivity contribution in [1.82, 2.24) is 0 Å². The normalized spacial score (nSPS) is 14.4. The summed E-state index contributed by atoms with van der Waals surface area (Å²) in [6.45, 7) is 16.6. The molecule has 0 aliphatic heterocycles. The molecule has 0 bridgehead atoms. The molecule has 0 atom stereocenters. The molecule has 0 unspecified atom stereocenters. The van der Waals surface area contributed by atoms with E-state index in [9.17, 15) is 0 Å². The Kier molecular flexibility index (Phi) is 5.02. The molecule has 0 rings (SSSR count). The second kappa shape index (κ2) is 4.98. The van der Waals surface area contributed by atoms with Gasteiger partial charge in [0.2, 0.25) is 0 Å². The van der Waals surface area contributed by atoms with Crippen molar-refractivity contribution >= 4 is 8.32 Å². The highest BCUT2D eigenvalue weighted by molar-refractivity contribution is 6.74. The van der Waals surface area contributed by atoms with Crippen molar-refractivity contribution in [2.45, 2.75) is 59.2 Å². The van der Waals surface area contributed by atoms with E-state index in [1.807, 2.05) is 0 Å². The largest absolute Gasteiger partial charge is 0.416 e. The zero-order valence-corrected chi connectivity index (χ0v) is 12.5. The number of aliphatic hydroxyl groups excluding tert-OH is 1. The van der Waals surface area contributed by atoms with Gasteiger partial charge in [-0.15, -0.1) is 0 Å². The zero-order chi connectivity index (χ0) is 12.3. The van der Waals surface area contributed by atoms with Crippen LogP contribution >= 0.6 is 0 Å². The Labute approximate surface area is 96.2 Å². The summed E-state index contributed by atoms with van der Waals surface area (Å²) in [5.74, 6) is 0. The van der Waals surface area contributed by atoms with Crippen LogP contribution in [0.15, 0.2) is 0 Å². The molecular formula is C12H28O2Si. The molecule has 0 radical (unpaired) electrons. The van der Waals surface area contributed by atoms with Crippen LogP contribution in [0.5, 0.6) is 0 Å². The van der Waals surface area contributed by atoms with Gasteiger partial charge in [-0.25, -0.2) is 0 Å². The van der Waals surface area contributed by atoms with E-state index in [2.05, 4.69) is 47.7 Å². The SMILES string of the molecule is CC(C)(CCO)CO[Si](C)(C)C(C)(C)C. The van der Waals surface area contributed by atoms with Crippen LogP contribution in [0.25, 0.3) is 0 Å². The first kappa shape index (κ1) is 15.1. The molecule has 1 N–H and O–H groups in total. The fourth-order valence-electron chi connectivity index (χ4n) is 0.967. The topological polar surface area (TPSA) is 29.5 Å². The van der Waals surface area contributed by atoms with Gasteiger partial charge in [0.05, 0.1) is 0 Å². The Hall–Kier alpha value is 0.137. The lowest BCUT2D eigenvalue weighted by molar-refractivity contribution is 0.127. The Bertz CT molecular complexity index is 192. The lowest BCUT2D eigenvalue weighted by Gasteiger charge is -2.39. The van der Waals surface area contributed by atoms with Crippen molar-refractivity contribution in [2.75, 3.05) is 13.2 Å². The van der Waals surface area contributed by atoms with Gasteiger partial charge in [0.1, 0.15) is 0 Å². The first-order chi connectivity index (χ1) is 6.52. The van der Waals surface area contributed by atoms with Crippen molar-refractivity contribution in [3.8, 4) is 0 Å². The maximum atomic E-state index is 8.95. The third-order valence-corrected chi connectivity index (χ3v) is 7.90. The number of rotatable bonds is 5. The monoisotopic (exact) mass is 232 g/mol. The summed E-state index contributed by atoms with van der Waals surface area (Å²) in [6.07, 6.45) is 0.807. The van der Waals surface area contributed by atoms with Gasteiger partial charge in [0, 0.05) is 13.2 Å². The van der Waals surface area contributed by atoms with Crippen LogP contribution in [-0.2, 0) is 4.43 Å². The summed E-state index contributed by atoms with van der Waals surface area (Å²) < 4.78 is 6.14. The van der Waals surface area contributed by atoms with Crippen LogP contribution in [0.1, 0.15) is 41.0 Å². The quantitative estimate of drug-likeness (QED) is 0.736. The second-order valence-corrected chi connectivity index (χ2v) is 11.5. The zero-order valence-electron chi connectivity index (χ0n) is 11.5. The Morgan fingerprint density at radius 1 is 1.07 bits per heavy atom. The molecule has 3 heteroatoms. The molecule has 0 saturated heterocycles. The van der Waals surface area contributed by atoms with Crippen LogP contribution in [0.2, 0.25) is 18.1 Å². The molecule has 0 heterocycles. The number of hydrogen-bond donors (Lipinski definition) is 1. The van der Waals surface area contributed by atoms with Crippen LogP contribution in [0, 0.1) is 5.41 Å². The van der Waals surface area contributed by atoms with Crippen molar-refractivity contribution in [1.29, 1.82) is 0 Å². The highest BCUT2D eigenvalue weighted by Crippen LogP contribution is 2.37. The molecular weight excluding hydrogens is 204 g/mol. The predicted molar refractivity (Wildman–Crippen MR) is 68.6 cm³/mol. The highest BCUT2D eigenvalue weighted by atomic mass is 28.4. The third-order valence-electron chi connectivity index (χ3n) is 3.42. The fourth-order valence-corrected chi connectivity index (χ4v) is 2.15. The Morgan fingerprint density at radius 3 is 1.87 bits per heavy atom. The average molecular weight is 232 g/mol. The van der Waals surface area contributed by atoms with Gasteiger partial charge in [-0.2, -0.15) is 0 Å². The summed E-state index contributed by atoms with van der Waals surface area (Å²) in [4.78, 5) is 0. The maximum absolute atomic E-state index is 8.95. The number of hydrogen-bond acceptors (Lipinski definition) is 2. The molecule has 2 nitrogen and oxygen atoms in total. The molecule has 0 aliphatic rings. The smallest absolute Gasteiger partial charge is 0.192 e. The van der Waals surface area contributed by atoms with E-state index in [0.29, 0.717) is 0 Å². The maximum Gasteiger partial charge on any atom is 0.192 e. The van der Waals surface area contributed by atoms with E-state index in [1.54, 1.807) is 0 Å². The van der Waals surface area contributed by atoms with Crippen LogP contribution < -0.4 is 0 Å². The van der Waals surface area contributed by atoms with Crippen molar-refractivity contribution in [3.63, 3.8) is 0 Å². The minimum absolute atomic E-state index is 0.0876. The summed E-state index contributed by atoms with van der Waals surface area (Å²) in [6, 6.07) is 0. The van der Waals surface area contributed by atoms with Gasteiger partial charge in [0.15, 0.2) is 8.32 Å². The first-order valence-electron chi connectivity index (χ1n) is 5.77. The summed E-state index contributed by atoms with van der Waals surface area (Å²) in [5.41, 5.74) is 0.0876. The van der Waals surface area contributed by atoms with Crippen molar-refractivity contribution in [2.24, 2.45) is 5.41 Å². The Morgan fingerprint density at radius 2 is 1.53 bits per heavy atom. The summed E-state index contributed by atoms with van der Waals surface area (Å²) in [5, 5.41) is 9.21. The summed E-state index contributed by atoms with van der Waals surface area (Å²) in [7, 11) is -1.63. The molecule has 0 saturated carbocycles. The van der Waals surface area contributed by atoms with E-state index >= 15 is 0 Å². The van der Waals surface area contributed by atoms with Crippen LogP contribution in [0.3, 0.4) is 0 Å². The molecule has 15 heavy (non-hydrogen) atoms. The average Bonchev–Trinajstić information content (AvgIpc) is 1.99. The number of aliphatic hydroxyl groups is 1. The highest BCUT2D eigenvalue weighted by Gasteiger charge is 2.38. The van der Waals surface area contributed by atoms with Gasteiger partial charge < -0.3 is 9.53 Å². The van der Waals surface area contributed by atoms with E-state index in [-0.39, 0.29) is 17.1 Å². The van der Waals surface area contributed by atoms with Crippen LogP contribution in [-0.4, -0.2) is 26.6 Å². The van der Waals surface area contributed by atoms with Gasteiger partial charge in [0.25, 0.3) is 0 Å². The third kappa shape index (κ3) is 5.14. The minimum atomic E-state index is -1.63. The second-order valence-electron chi connectivity index (χ2n) is 6.69. The predicted octanol–water partition coefficient (Wildman–Crippen LogP) is 3.42. The van der Waals surface area contributed by atoms with E-state index in [4.69, 9.17) is 9.53 Å². The molecule has 0 fully saturated rings. The van der Waals surface area contributed by atoms with E-state index in [1.165, 1.54) is 0 Å². The van der Waals surface area contributed by atoms with Gasteiger partial charge in [-0.05, 0) is 30.0 Å². The molecule has 0 amide bonds. The minimum Gasteiger partial charge on any atom is -0.416 e. The van der Waals surface area contributed by atoms with Crippen molar-refractivity contribution < 1.29 is 9.53 Å². The Balaban J connectivity index is 4.26. The van der Waals surface area contributed by atoms with Gasteiger partial charge in [-0.1, -0.05) is 34.6 Å². The van der Waals surface area contributed by atoms with Crippen molar-refractivity contribution in [3.05, 3.63) is 0 Å². The molecule has 0 aliphatic carbocycles.